The summed E-state index contributed by atoms with van der Waals surface area (Å²) >= 11 is 0. The van der Waals surface area contributed by atoms with Gasteiger partial charge in [0.1, 0.15) is 0 Å². The fourth-order valence-electron chi connectivity index (χ4n) is 3.07. The van der Waals surface area contributed by atoms with Crippen LogP contribution in [0, 0.1) is 0 Å². The molecule has 0 saturated heterocycles. The van der Waals surface area contributed by atoms with Gasteiger partial charge in [0, 0.05) is 0 Å². The molecule has 2 N–H and O–H groups in total. The molecule has 0 aliphatic rings. The van der Waals surface area contributed by atoms with Crippen molar-refractivity contribution in [1.82, 2.24) is 0 Å². The molecule has 134 valence electrons. The second-order valence-electron chi connectivity index (χ2n) is 7.11. The van der Waals surface area contributed by atoms with Gasteiger partial charge in [-0.3, -0.25) is 0 Å². The summed E-state index contributed by atoms with van der Waals surface area (Å²) in [6.07, 6.45) is 19.8. The summed E-state index contributed by atoms with van der Waals surface area (Å²) in [4.78, 5) is 0. The number of rotatable bonds is 17. The first-order chi connectivity index (χ1) is 10.7. The van der Waals surface area contributed by atoms with Gasteiger partial charge in [-0.1, -0.05) is 90.4 Å². The van der Waals surface area contributed by atoms with Crippen molar-refractivity contribution in [3.63, 3.8) is 0 Å². The summed E-state index contributed by atoms with van der Waals surface area (Å²) in [6.45, 7) is 4.02. The summed E-state index contributed by atoms with van der Waals surface area (Å²) in [5.41, 5.74) is 0. The van der Waals surface area contributed by atoms with Gasteiger partial charge >= 0.3 is 0 Å². The highest BCUT2D eigenvalue weighted by Gasteiger charge is 2.01. The molecular weight excluding hydrogens is 272 g/mol. The first-order valence-corrected chi connectivity index (χ1v) is 10.0. The van der Waals surface area contributed by atoms with E-state index in [2.05, 4.69) is 6.92 Å². The van der Waals surface area contributed by atoms with Crippen molar-refractivity contribution >= 4 is 0 Å². The van der Waals surface area contributed by atoms with Gasteiger partial charge in [-0.25, -0.2) is 0 Å². The summed E-state index contributed by atoms with van der Waals surface area (Å²) in [5, 5.41) is 18.8. The van der Waals surface area contributed by atoms with Crippen molar-refractivity contribution < 1.29 is 10.2 Å². The van der Waals surface area contributed by atoms with Crippen LogP contribution in [0.25, 0.3) is 0 Å². The summed E-state index contributed by atoms with van der Waals surface area (Å²) in [7, 11) is 0. The van der Waals surface area contributed by atoms with E-state index in [4.69, 9.17) is 5.11 Å². The molecule has 0 rings (SSSR count). The number of hydrogen-bond acceptors (Lipinski definition) is 2. The van der Waals surface area contributed by atoms with Crippen LogP contribution in [-0.4, -0.2) is 22.4 Å². The highest BCUT2D eigenvalue weighted by molar-refractivity contribution is 4.55. The molecule has 0 bridgehead atoms. The summed E-state index contributed by atoms with van der Waals surface area (Å²) in [5.74, 6) is 0. The zero-order valence-corrected chi connectivity index (χ0v) is 15.4. The summed E-state index contributed by atoms with van der Waals surface area (Å²) in [6, 6.07) is 0. The molecule has 2 nitrogen and oxygen atoms in total. The smallest absolute Gasteiger partial charge is 0.0540 e. The highest BCUT2D eigenvalue weighted by Crippen LogP contribution is 2.14. The molecule has 22 heavy (non-hydrogen) atoms. The lowest BCUT2D eigenvalue weighted by Crippen LogP contribution is -2.04. The molecule has 0 heterocycles. The third-order valence-corrected chi connectivity index (χ3v) is 4.53. The van der Waals surface area contributed by atoms with E-state index in [0.717, 1.165) is 25.7 Å². The average Bonchev–Trinajstić information content (AvgIpc) is 2.47. The van der Waals surface area contributed by atoms with Crippen LogP contribution in [0.2, 0.25) is 0 Å². The van der Waals surface area contributed by atoms with Crippen LogP contribution < -0.4 is 0 Å². The Kier molecular flexibility index (Phi) is 17.2. The molecule has 0 saturated carbocycles. The minimum absolute atomic E-state index is 0.0504. The lowest BCUT2D eigenvalue weighted by molar-refractivity contribution is 0.150. The first-order valence-electron chi connectivity index (χ1n) is 10.0. The maximum Gasteiger partial charge on any atom is 0.0540 e. The van der Waals surface area contributed by atoms with Crippen LogP contribution in [0.15, 0.2) is 0 Å². The minimum Gasteiger partial charge on any atom is -0.393 e. The molecule has 2 unspecified atom stereocenters. The fourth-order valence-corrected chi connectivity index (χ4v) is 3.07. The third kappa shape index (κ3) is 18.0. The Labute approximate surface area is 139 Å². The van der Waals surface area contributed by atoms with E-state index < -0.39 is 0 Å². The van der Waals surface area contributed by atoms with E-state index >= 15 is 0 Å². The maximum atomic E-state index is 9.64. The number of unbranched alkanes of at least 4 members (excludes halogenated alkanes) is 11. The van der Waals surface area contributed by atoms with Crippen LogP contribution in [-0.2, 0) is 0 Å². The van der Waals surface area contributed by atoms with E-state index in [9.17, 15) is 5.11 Å². The van der Waals surface area contributed by atoms with Gasteiger partial charge in [-0.2, -0.15) is 0 Å². The molecule has 0 aromatic rings. The molecule has 0 aromatic carbocycles. The standard InChI is InChI=1S/C20H42O2/c1-3-16-20(22)18-15-13-11-9-7-5-4-6-8-10-12-14-17-19(2)21/h19-22H,3-18H2,1-2H3. The Morgan fingerprint density at radius 1 is 0.545 bits per heavy atom. The third-order valence-electron chi connectivity index (χ3n) is 4.53. The van der Waals surface area contributed by atoms with Crippen LogP contribution in [0.1, 0.15) is 117 Å². The zero-order chi connectivity index (χ0) is 16.5. The SMILES string of the molecule is CCCC(O)CCCCCCCCCCCCCCC(C)O. The second-order valence-corrected chi connectivity index (χ2v) is 7.11. The lowest BCUT2D eigenvalue weighted by atomic mass is 10.0. The monoisotopic (exact) mass is 314 g/mol. The van der Waals surface area contributed by atoms with Crippen molar-refractivity contribution in [3.8, 4) is 0 Å². The van der Waals surface area contributed by atoms with Gasteiger partial charge in [0.2, 0.25) is 0 Å². The van der Waals surface area contributed by atoms with Crippen LogP contribution in [0.4, 0.5) is 0 Å². The van der Waals surface area contributed by atoms with Crippen molar-refractivity contribution in [3.05, 3.63) is 0 Å². The van der Waals surface area contributed by atoms with Crippen LogP contribution in [0.5, 0.6) is 0 Å². The van der Waals surface area contributed by atoms with E-state index in [1.165, 1.54) is 77.0 Å². The number of aliphatic hydroxyl groups excluding tert-OH is 2. The van der Waals surface area contributed by atoms with E-state index in [-0.39, 0.29) is 12.2 Å². The molecule has 0 aliphatic carbocycles. The van der Waals surface area contributed by atoms with Crippen molar-refractivity contribution in [2.24, 2.45) is 0 Å². The van der Waals surface area contributed by atoms with Gasteiger partial charge in [0.25, 0.3) is 0 Å². The number of hydrogen-bond donors (Lipinski definition) is 2. The Balaban J connectivity index is 3.02. The number of aliphatic hydroxyl groups is 2. The quantitative estimate of drug-likeness (QED) is 0.324. The van der Waals surface area contributed by atoms with Crippen molar-refractivity contribution in [1.29, 1.82) is 0 Å². The molecule has 2 atom stereocenters. The largest absolute Gasteiger partial charge is 0.393 e. The molecule has 0 amide bonds. The Hall–Kier alpha value is -0.0800. The van der Waals surface area contributed by atoms with Crippen molar-refractivity contribution in [2.45, 2.75) is 129 Å². The zero-order valence-electron chi connectivity index (χ0n) is 15.4. The molecule has 0 fully saturated rings. The normalized spacial score (nSPS) is 14.2. The predicted octanol–water partition coefficient (Wildman–Crippen LogP) is 5.99. The molecular formula is C20H42O2. The maximum absolute atomic E-state index is 9.64. The van der Waals surface area contributed by atoms with Crippen LogP contribution >= 0.6 is 0 Å². The molecule has 0 aliphatic heterocycles. The van der Waals surface area contributed by atoms with Gasteiger partial charge in [0.15, 0.2) is 0 Å². The van der Waals surface area contributed by atoms with Gasteiger partial charge in [-0.15, -0.1) is 0 Å². The Morgan fingerprint density at radius 2 is 0.909 bits per heavy atom. The van der Waals surface area contributed by atoms with Gasteiger partial charge in [-0.05, 0) is 26.2 Å². The topological polar surface area (TPSA) is 40.5 Å². The molecule has 2 heteroatoms. The predicted molar refractivity (Wildman–Crippen MR) is 97.2 cm³/mol. The van der Waals surface area contributed by atoms with E-state index in [0.29, 0.717) is 0 Å². The molecule has 0 aromatic heterocycles. The minimum atomic E-state index is -0.116. The molecule has 0 spiro atoms. The van der Waals surface area contributed by atoms with E-state index in [1.807, 2.05) is 6.92 Å². The fraction of sp³-hybridized carbons (Fsp3) is 1.00. The Bertz CT molecular complexity index is 204. The second kappa shape index (κ2) is 17.3. The Morgan fingerprint density at radius 3 is 1.27 bits per heavy atom. The lowest BCUT2D eigenvalue weighted by Gasteiger charge is -2.08. The van der Waals surface area contributed by atoms with Gasteiger partial charge in [0.05, 0.1) is 12.2 Å². The van der Waals surface area contributed by atoms with Crippen LogP contribution in [0.3, 0.4) is 0 Å². The van der Waals surface area contributed by atoms with Crippen molar-refractivity contribution in [2.75, 3.05) is 0 Å². The van der Waals surface area contributed by atoms with Gasteiger partial charge < -0.3 is 10.2 Å². The first kappa shape index (κ1) is 21.9. The summed E-state index contributed by atoms with van der Waals surface area (Å²) < 4.78 is 0. The highest BCUT2D eigenvalue weighted by atomic mass is 16.3. The molecule has 0 radical (unpaired) electrons. The van der Waals surface area contributed by atoms with E-state index in [1.54, 1.807) is 0 Å². The average molecular weight is 315 g/mol.